The molecule has 3 atom stereocenters. The lowest BCUT2D eigenvalue weighted by molar-refractivity contribution is 0.209. The van der Waals surface area contributed by atoms with E-state index in [0.717, 1.165) is 18.0 Å². The standard InChI is InChI=1S/C17H28N2S/c1-13(10-17-4-3-9-20-17)19(2)8-7-14-11-15-5-6-16(12-14)18-15/h3-4,9,13-16,18H,5-8,10-12H2,1-2H3. The van der Waals surface area contributed by atoms with Crippen molar-refractivity contribution in [1.82, 2.24) is 10.2 Å². The largest absolute Gasteiger partial charge is 0.311 e. The smallest absolute Gasteiger partial charge is 0.0112 e. The van der Waals surface area contributed by atoms with Crippen LogP contribution in [0.5, 0.6) is 0 Å². The molecule has 2 aliphatic rings. The molecule has 2 fully saturated rings. The summed E-state index contributed by atoms with van der Waals surface area (Å²) in [7, 11) is 2.30. The Kier molecular flexibility index (Phi) is 4.79. The van der Waals surface area contributed by atoms with Crippen LogP contribution in [-0.4, -0.2) is 36.6 Å². The Hall–Kier alpha value is -0.380. The summed E-state index contributed by atoms with van der Waals surface area (Å²) in [5.74, 6) is 0.963. The number of rotatable bonds is 6. The quantitative estimate of drug-likeness (QED) is 0.863. The predicted octanol–water partition coefficient (Wildman–Crippen LogP) is 3.53. The average Bonchev–Trinajstić information content (AvgIpc) is 3.06. The molecule has 2 aliphatic heterocycles. The number of piperidine rings is 1. The Labute approximate surface area is 127 Å². The highest BCUT2D eigenvalue weighted by atomic mass is 32.1. The number of nitrogens with zero attached hydrogens (tertiary/aromatic N) is 1. The van der Waals surface area contributed by atoms with Crippen LogP contribution >= 0.6 is 11.3 Å². The van der Waals surface area contributed by atoms with Gasteiger partial charge in [0.1, 0.15) is 0 Å². The normalized spacial score (nSPS) is 30.9. The van der Waals surface area contributed by atoms with Crippen molar-refractivity contribution < 1.29 is 0 Å². The van der Waals surface area contributed by atoms with Gasteiger partial charge in [-0.1, -0.05) is 6.07 Å². The highest BCUT2D eigenvalue weighted by molar-refractivity contribution is 7.09. The monoisotopic (exact) mass is 292 g/mol. The van der Waals surface area contributed by atoms with Crippen molar-refractivity contribution in [1.29, 1.82) is 0 Å². The molecule has 1 N–H and O–H groups in total. The zero-order valence-corrected chi connectivity index (χ0v) is 13.7. The summed E-state index contributed by atoms with van der Waals surface area (Å²) in [6, 6.07) is 6.77. The Morgan fingerprint density at radius 1 is 1.35 bits per heavy atom. The molecular formula is C17H28N2S. The van der Waals surface area contributed by atoms with Crippen molar-refractivity contribution in [2.24, 2.45) is 5.92 Å². The molecule has 112 valence electrons. The van der Waals surface area contributed by atoms with Gasteiger partial charge in [-0.05, 0) is 76.4 Å². The topological polar surface area (TPSA) is 15.3 Å². The van der Waals surface area contributed by atoms with E-state index in [0.29, 0.717) is 6.04 Å². The number of hydrogen-bond donors (Lipinski definition) is 1. The van der Waals surface area contributed by atoms with E-state index in [-0.39, 0.29) is 0 Å². The van der Waals surface area contributed by atoms with Crippen LogP contribution in [0.3, 0.4) is 0 Å². The van der Waals surface area contributed by atoms with E-state index in [1.165, 1.54) is 49.9 Å². The first-order valence-electron chi connectivity index (χ1n) is 8.19. The zero-order valence-electron chi connectivity index (χ0n) is 12.8. The fourth-order valence-corrected chi connectivity index (χ4v) is 4.72. The maximum Gasteiger partial charge on any atom is 0.0112 e. The maximum atomic E-state index is 3.75. The predicted molar refractivity (Wildman–Crippen MR) is 87.4 cm³/mol. The second-order valence-corrected chi connectivity index (χ2v) is 7.91. The van der Waals surface area contributed by atoms with E-state index in [4.69, 9.17) is 0 Å². The second-order valence-electron chi connectivity index (χ2n) is 6.88. The van der Waals surface area contributed by atoms with Crippen LogP contribution in [0.4, 0.5) is 0 Å². The summed E-state index contributed by atoms with van der Waals surface area (Å²) in [6.45, 7) is 3.63. The van der Waals surface area contributed by atoms with Crippen molar-refractivity contribution in [3.8, 4) is 0 Å². The molecule has 0 spiro atoms. The molecular weight excluding hydrogens is 264 g/mol. The van der Waals surface area contributed by atoms with E-state index in [1.54, 1.807) is 0 Å². The molecule has 0 aromatic carbocycles. The number of fused-ring (bicyclic) bond motifs is 2. The zero-order chi connectivity index (χ0) is 13.9. The Morgan fingerprint density at radius 3 is 2.75 bits per heavy atom. The Morgan fingerprint density at radius 2 is 2.10 bits per heavy atom. The van der Waals surface area contributed by atoms with Crippen molar-refractivity contribution in [2.75, 3.05) is 13.6 Å². The molecule has 2 saturated heterocycles. The molecule has 1 aromatic heterocycles. The first kappa shape index (κ1) is 14.6. The van der Waals surface area contributed by atoms with Gasteiger partial charge in [0, 0.05) is 23.0 Å². The van der Waals surface area contributed by atoms with E-state index < -0.39 is 0 Å². The third kappa shape index (κ3) is 3.63. The summed E-state index contributed by atoms with van der Waals surface area (Å²) in [4.78, 5) is 4.08. The third-order valence-corrected chi connectivity index (χ3v) is 6.19. The summed E-state index contributed by atoms with van der Waals surface area (Å²) >= 11 is 1.89. The molecule has 0 amide bonds. The van der Waals surface area contributed by atoms with Crippen molar-refractivity contribution in [3.05, 3.63) is 22.4 Å². The molecule has 0 radical (unpaired) electrons. The van der Waals surface area contributed by atoms with Crippen LogP contribution in [0, 0.1) is 5.92 Å². The molecule has 3 heterocycles. The van der Waals surface area contributed by atoms with Gasteiger partial charge in [0.05, 0.1) is 0 Å². The number of hydrogen-bond acceptors (Lipinski definition) is 3. The maximum absolute atomic E-state index is 3.75. The summed E-state index contributed by atoms with van der Waals surface area (Å²) in [5, 5.41) is 5.94. The van der Waals surface area contributed by atoms with E-state index in [2.05, 4.69) is 41.7 Å². The van der Waals surface area contributed by atoms with Crippen LogP contribution in [-0.2, 0) is 6.42 Å². The van der Waals surface area contributed by atoms with Gasteiger partial charge >= 0.3 is 0 Å². The van der Waals surface area contributed by atoms with Crippen LogP contribution in [0.2, 0.25) is 0 Å². The summed E-state index contributed by atoms with van der Waals surface area (Å²) < 4.78 is 0. The molecule has 1 aromatic rings. The van der Waals surface area contributed by atoms with Crippen molar-refractivity contribution >= 4 is 11.3 Å². The van der Waals surface area contributed by atoms with Crippen molar-refractivity contribution in [2.45, 2.75) is 63.6 Å². The van der Waals surface area contributed by atoms with Gasteiger partial charge in [-0.25, -0.2) is 0 Å². The fraction of sp³-hybridized carbons (Fsp3) is 0.765. The van der Waals surface area contributed by atoms with E-state index >= 15 is 0 Å². The minimum absolute atomic E-state index is 0.659. The molecule has 2 bridgehead atoms. The van der Waals surface area contributed by atoms with Gasteiger partial charge in [-0.2, -0.15) is 0 Å². The van der Waals surface area contributed by atoms with Crippen LogP contribution in [0.15, 0.2) is 17.5 Å². The average molecular weight is 292 g/mol. The molecule has 20 heavy (non-hydrogen) atoms. The highest BCUT2D eigenvalue weighted by Crippen LogP contribution is 2.32. The first-order valence-corrected chi connectivity index (χ1v) is 9.07. The Balaban J connectivity index is 1.41. The van der Waals surface area contributed by atoms with Gasteiger partial charge in [-0.15, -0.1) is 11.3 Å². The lowest BCUT2D eigenvalue weighted by Crippen LogP contribution is -2.39. The van der Waals surface area contributed by atoms with Gasteiger partial charge in [0.25, 0.3) is 0 Å². The number of thiophene rings is 1. The molecule has 3 rings (SSSR count). The van der Waals surface area contributed by atoms with Gasteiger partial charge in [0.15, 0.2) is 0 Å². The molecule has 3 heteroatoms. The van der Waals surface area contributed by atoms with E-state index in [1.807, 2.05) is 11.3 Å². The minimum atomic E-state index is 0.659. The fourth-order valence-electron chi connectivity index (χ4n) is 3.89. The summed E-state index contributed by atoms with van der Waals surface area (Å²) in [5.41, 5.74) is 0. The molecule has 0 saturated carbocycles. The minimum Gasteiger partial charge on any atom is -0.311 e. The number of likely N-dealkylation sites (N-methyl/N-ethyl adjacent to an activating group) is 1. The van der Waals surface area contributed by atoms with Gasteiger partial charge in [0.2, 0.25) is 0 Å². The van der Waals surface area contributed by atoms with Gasteiger partial charge in [-0.3, -0.25) is 0 Å². The SMILES string of the molecule is CC(Cc1cccs1)N(C)CCC1CC2CCC(C1)N2. The molecule has 3 unspecified atom stereocenters. The third-order valence-electron chi connectivity index (χ3n) is 5.29. The Bertz CT molecular complexity index is 391. The van der Waals surface area contributed by atoms with Crippen LogP contribution in [0.1, 0.15) is 43.9 Å². The van der Waals surface area contributed by atoms with E-state index in [9.17, 15) is 0 Å². The summed E-state index contributed by atoms with van der Waals surface area (Å²) in [6.07, 6.45) is 8.27. The molecule has 2 nitrogen and oxygen atoms in total. The number of nitrogens with one attached hydrogen (secondary N) is 1. The van der Waals surface area contributed by atoms with Crippen LogP contribution < -0.4 is 5.32 Å². The van der Waals surface area contributed by atoms with Gasteiger partial charge < -0.3 is 10.2 Å². The highest BCUT2D eigenvalue weighted by Gasteiger charge is 2.33. The lowest BCUT2D eigenvalue weighted by Gasteiger charge is -2.31. The van der Waals surface area contributed by atoms with Crippen LogP contribution in [0.25, 0.3) is 0 Å². The molecule has 0 aliphatic carbocycles. The first-order chi connectivity index (χ1) is 9.70. The van der Waals surface area contributed by atoms with Crippen molar-refractivity contribution in [3.63, 3.8) is 0 Å². The lowest BCUT2D eigenvalue weighted by atomic mass is 9.89. The second kappa shape index (κ2) is 6.59.